The second kappa shape index (κ2) is 8.53. The van der Waals surface area contributed by atoms with E-state index in [0.29, 0.717) is 22.1 Å². The largest absolute Gasteiger partial charge is 0.353 e. The first-order chi connectivity index (χ1) is 16.5. The van der Waals surface area contributed by atoms with Crippen molar-refractivity contribution in [2.75, 3.05) is 5.32 Å². The Hall–Kier alpha value is -4.36. The number of rotatable bonds is 4. The summed E-state index contributed by atoms with van der Waals surface area (Å²) in [7, 11) is 1.54. The third-order valence-corrected chi connectivity index (χ3v) is 5.92. The molecule has 0 aliphatic rings. The Labute approximate surface area is 198 Å². The monoisotopic (exact) mass is 470 g/mol. The van der Waals surface area contributed by atoms with Crippen LogP contribution in [0.25, 0.3) is 22.4 Å². The lowest BCUT2D eigenvalue weighted by molar-refractivity contribution is 0.784. The van der Waals surface area contributed by atoms with Crippen LogP contribution in [0.2, 0.25) is 5.02 Å². The van der Waals surface area contributed by atoms with Gasteiger partial charge in [0.2, 0.25) is 0 Å². The first-order valence-electron chi connectivity index (χ1n) is 10.5. The number of hydrogen-bond donors (Lipinski definition) is 1. The summed E-state index contributed by atoms with van der Waals surface area (Å²) in [5, 5.41) is 3.73. The number of pyridine rings is 1. The first-order valence-corrected chi connectivity index (χ1v) is 10.9. The SMILES string of the molecule is Cn1c(=O)cc(Nc2ccccc2Cl)c2c(=O)n(-c3ccccc3)c(=O)n(-c3ccccc3)c21. The number of aromatic nitrogens is 3. The molecule has 0 aliphatic carbocycles. The summed E-state index contributed by atoms with van der Waals surface area (Å²) in [4.78, 5) is 40.6. The average molecular weight is 471 g/mol. The Kier molecular flexibility index (Phi) is 5.39. The molecule has 0 atom stereocenters. The molecule has 5 aromatic rings. The Balaban J connectivity index is 1.98. The van der Waals surface area contributed by atoms with Crippen molar-refractivity contribution in [1.29, 1.82) is 0 Å². The molecule has 3 aromatic carbocycles. The van der Waals surface area contributed by atoms with Gasteiger partial charge in [-0.25, -0.2) is 13.9 Å². The molecule has 168 valence electrons. The standard InChI is InChI=1S/C26H19ClN4O3/c1-29-22(32)16-21(28-20-15-9-8-14-19(20)27)23-24(29)30(17-10-4-2-5-11-17)26(34)31(25(23)33)18-12-6-3-7-13-18/h2-16,28H,1H3. The molecule has 0 saturated carbocycles. The summed E-state index contributed by atoms with van der Waals surface area (Å²) in [6, 6.07) is 25.9. The minimum atomic E-state index is -0.584. The van der Waals surface area contributed by atoms with Gasteiger partial charge in [0, 0.05) is 13.1 Å². The Morgan fingerprint density at radius 1 is 0.706 bits per heavy atom. The van der Waals surface area contributed by atoms with Crippen LogP contribution in [0.15, 0.2) is 105 Å². The van der Waals surface area contributed by atoms with Gasteiger partial charge in [-0.05, 0) is 36.4 Å². The van der Waals surface area contributed by atoms with Gasteiger partial charge in [0.1, 0.15) is 11.0 Å². The Morgan fingerprint density at radius 3 is 1.88 bits per heavy atom. The number of hydrogen-bond acceptors (Lipinski definition) is 4. The fourth-order valence-corrected chi connectivity index (χ4v) is 4.15. The molecule has 2 aromatic heterocycles. The van der Waals surface area contributed by atoms with Crippen molar-refractivity contribution < 1.29 is 0 Å². The lowest BCUT2D eigenvalue weighted by Gasteiger charge is -2.19. The number of aryl methyl sites for hydroxylation is 1. The molecule has 0 unspecified atom stereocenters. The van der Waals surface area contributed by atoms with Gasteiger partial charge in [0.15, 0.2) is 0 Å². The quantitative estimate of drug-likeness (QED) is 0.426. The number of halogens is 1. The van der Waals surface area contributed by atoms with Gasteiger partial charge >= 0.3 is 5.69 Å². The normalized spacial score (nSPS) is 11.0. The van der Waals surface area contributed by atoms with Crippen LogP contribution in [0.4, 0.5) is 11.4 Å². The highest BCUT2D eigenvalue weighted by Gasteiger charge is 2.22. The zero-order chi connectivity index (χ0) is 23.8. The van der Waals surface area contributed by atoms with E-state index in [1.165, 1.54) is 22.2 Å². The molecule has 0 fully saturated rings. The predicted molar refractivity (Wildman–Crippen MR) is 135 cm³/mol. The fourth-order valence-electron chi connectivity index (χ4n) is 3.97. The van der Waals surface area contributed by atoms with E-state index < -0.39 is 11.2 Å². The smallest absolute Gasteiger partial charge is 0.341 e. The molecule has 1 N–H and O–H groups in total. The molecule has 5 rings (SSSR count). The van der Waals surface area contributed by atoms with E-state index in [1.807, 2.05) is 6.07 Å². The molecule has 0 aliphatic heterocycles. The molecule has 0 bridgehead atoms. The van der Waals surface area contributed by atoms with Crippen LogP contribution in [-0.2, 0) is 7.05 Å². The number of para-hydroxylation sites is 3. The maximum atomic E-state index is 13.9. The van der Waals surface area contributed by atoms with Crippen LogP contribution in [0.1, 0.15) is 0 Å². The Bertz CT molecular complexity index is 1700. The molecule has 8 heteroatoms. The van der Waals surface area contributed by atoms with Crippen LogP contribution in [0.5, 0.6) is 0 Å². The van der Waals surface area contributed by atoms with Crippen molar-refractivity contribution in [3.05, 3.63) is 127 Å². The van der Waals surface area contributed by atoms with Crippen molar-refractivity contribution in [3.63, 3.8) is 0 Å². The second-order valence-corrected chi connectivity index (χ2v) is 8.10. The lowest BCUT2D eigenvalue weighted by atomic mass is 10.2. The van der Waals surface area contributed by atoms with Crippen molar-refractivity contribution in [2.24, 2.45) is 7.05 Å². The van der Waals surface area contributed by atoms with Crippen molar-refractivity contribution in [2.45, 2.75) is 0 Å². The maximum Gasteiger partial charge on any atom is 0.341 e. The number of nitrogens with zero attached hydrogens (tertiary/aromatic N) is 3. The fraction of sp³-hybridized carbons (Fsp3) is 0.0385. The summed E-state index contributed by atoms with van der Waals surface area (Å²) in [6.45, 7) is 0. The highest BCUT2D eigenvalue weighted by atomic mass is 35.5. The summed E-state index contributed by atoms with van der Waals surface area (Å²) < 4.78 is 3.79. The highest BCUT2D eigenvalue weighted by Crippen LogP contribution is 2.28. The molecule has 7 nitrogen and oxygen atoms in total. The van der Waals surface area contributed by atoms with Gasteiger partial charge in [-0.15, -0.1) is 0 Å². The van der Waals surface area contributed by atoms with E-state index in [9.17, 15) is 14.4 Å². The minimum Gasteiger partial charge on any atom is -0.353 e. The Morgan fingerprint density at radius 2 is 1.26 bits per heavy atom. The second-order valence-electron chi connectivity index (χ2n) is 7.69. The van der Waals surface area contributed by atoms with Gasteiger partial charge in [0.05, 0.1) is 27.8 Å². The number of nitrogens with one attached hydrogen (secondary N) is 1. The van der Waals surface area contributed by atoms with Gasteiger partial charge in [-0.1, -0.05) is 60.1 Å². The molecule has 0 amide bonds. The highest BCUT2D eigenvalue weighted by molar-refractivity contribution is 6.33. The lowest BCUT2D eigenvalue weighted by Crippen LogP contribution is -2.40. The molecule has 0 spiro atoms. The van der Waals surface area contributed by atoms with E-state index in [1.54, 1.807) is 78.9 Å². The maximum absolute atomic E-state index is 13.9. The van der Waals surface area contributed by atoms with Gasteiger partial charge in [0.25, 0.3) is 11.1 Å². The van der Waals surface area contributed by atoms with Crippen molar-refractivity contribution in [1.82, 2.24) is 13.7 Å². The molecular weight excluding hydrogens is 452 g/mol. The van der Waals surface area contributed by atoms with E-state index in [0.717, 1.165) is 4.57 Å². The molecule has 34 heavy (non-hydrogen) atoms. The van der Waals surface area contributed by atoms with Crippen LogP contribution in [0, 0.1) is 0 Å². The molecule has 2 heterocycles. The van der Waals surface area contributed by atoms with Gasteiger partial charge < -0.3 is 5.32 Å². The predicted octanol–water partition coefficient (Wildman–Crippen LogP) is 4.24. The summed E-state index contributed by atoms with van der Waals surface area (Å²) >= 11 is 6.33. The van der Waals surface area contributed by atoms with Crippen LogP contribution >= 0.6 is 11.6 Å². The van der Waals surface area contributed by atoms with E-state index in [4.69, 9.17) is 11.6 Å². The van der Waals surface area contributed by atoms with Crippen LogP contribution in [0.3, 0.4) is 0 Å². The van der Waals surface area contributed by atoms with E-state index >= 15 is 0 Å². The zero-order valence-corrected chi connectivity index (χ0v) is 18.9. The average Bonchev–Trinajstić information content (AvgIpc) is 2.85. The topological polar surface area (TPSA) is 78.0 Å². The van der Waals surface area contributed by atoms with Crippen molar-refractivity contribution in [3.8, 4) is 11.4 Å². The molecule has 0 saturated heterocycles. The minimum absolute atomic E-state index is 0.175. The summed E-state index contributed by atoms with van der Waals surface area (Å²) in [6.07, 6.45) is 0. The molecule has 0 radical (unpaired) electrons. The van der Waals surface area contributed by atoms with Crippen LogP contribution < -0.4 is 22.1 Å². The number of anilines is 2. The van der Waals surface area contributed by atoms with Gasteiger partial charge in [-0.2, -0.15) is 0 Å². The first kappa shape index (κ1) is 21.5. The zero-order valence-electron chi connectivity index (χ0n) is 18.1. The van der Waals surface area contributed by atoms with Crippen LogP contribution in [-0.4, -0.2) is 13.7 Å². The number of fused-ring (bicyclic) bond motifs is 1. The third kappa shape index (κ3) is 3.52. The van der Waals surface area contributed by atoms with E-state index in [2.05, 4.69) is 5.32 Å². The third-order valence-electron chi connectivity index (χ3n) is 5.59. The summed E-state index contributed by atoms with van der Waals surface area (Å²) in [5.74, 6) is 0. The van der Waals surface area contributed by atoms with Crippen molar-refractivity contribution >= 4 is 34.0 Å². The number of benzene rings is 3. The molecular formula is C26H19ClN4O3. The van der Waals surface area contributed by atoms with E-state index in [-0.39, 0.29) is 22.3 Å². The summed E-state index contributed by atoms with van der Waals surface area (Å²) in [5.41, 5.74) is 0.378. The van der Waals surface area contributed by atoms with Gasteiger partial charge in [-0.3, -0.25) is 14.2 Å².